The van der Waals surface area contributed by atoms with Gasteiger partial charge >= 0.3 is 0 Å². The molecule has 0 radical (unpaired) electrons. The van der Waals surface area contributed by atoms with Gasteiger partial charge in [0.15, 0.2) is 0 Å². The number of halogens is 1. The molecule has 32 heavy (non-hydrogen) atoms. The molecule has 1 amide bonds. The number of Topliss-reactive ketones (excluding diaryl/α,β-unsaturated/α-hetero) is 1. The molecule has 1 saturated heterocycles. The second-order valence-corrected chi connectivity index (χ2v) is 7.38. The highest BCUT2D eigenvalue weighted by molar-refractivity contribution is 6.51. The van der Waals surface area contributed by atoms with Crippen LogP contribution >= 0.6 is 11.6 Å². The predicted molar refractivity (Wildman–Crippen MR) is 120 cm³/mol. The summed E-state index contributed by atoms with van der Waals surface area (Å²) in [5.74, 6) is -0.997. The molecule has 1 N–H and O–H groups in total. The average molecular weight is 451 g/mol. The predicted octanol–water partition coefficient (Wildman–Crippen LogP) is 4.38. The number of amides is 1. The zero-order valence-corrected chi connectivity index (χ0v) is 18.0. The van der Waals surface area contributed by atoms with Crippen LogP contribution in [0.4, 0.5) is 5.69 Å². The lowest BCUT2D eigenvalue weighted by molar-refractivity contribution is -0.132. The number of pyridine rings is 1. The van der Waals surface area contributed by atoms with Crippen molar-refractivity contribution in [2.75, 3.05) is 19.1 Å². The van der Waals surface area contributed by atoms with Crippen molar-refractivity contribution in [3.63, 3.8) is 0 Å². The number of aromatic nitrogens is 1. The Bertz CT molecular complexity index is 1210. The summed E-state index contributed by atoms with van der Waals surface area (Å²) < 4.78 is 10.4. The summed E-state index contributed by atoms with van der Waals surface area (Å²) in [5.41, 5.74) is 1.12. The first kappa shape index (κ1) is 21.4. The first-order valence-corrected chi connectivity index (χ1v) is 10.0. The molecule has 7 nitrogen and oxygen atoms in total. The van der Waals surface area contributed by atoms with Crippen molar-refractivity contribution in [3.8, 4) is 11.5 Å². The molecule has 0 saturated carbocycles. The van der Waals surface area contributed by atoms with E-state index in [0.29, 0.717) is 33.5 Å². The smallest absolute Gasteiger partial charge is 0.300 e. The van der Waals surface area contributed by atoms with Gasteiger partial charge in [0.2, 0.25) is 0 Å². The van der Waals surface area contributed by atoms with Crippen LogP contribution in [0.1, 0.15) is 17.3 Å². The molecule has 1 aliphatic heterocycles. The summed E-state index contributed by atoms with van der Waals surface area (Å²) in [5, 5.41) is 11.5. The number of nitrogens with zero attached hydrogens (tertiary/aromatic N) is 2. The molecule has 1 aromatic heterocycles. The van der Waals surface area contributed by atoms with Crippen molar-refractivity contribution in [1.29, 1.82) is 0 Å². The summed E-state index contributed by atoms with van der Waals surface area (Å²) in [4.78, 5) is 31.9. The Morgan fingerprint density at radius 1 is 1.03 bits per heavy atom. The average Bonchev–Trinajstić information content (AvgIpc) is 3.10. The van der Waals surface area contributed by atoms with Gasteiger partial charge in [-0.1, -0.05) is 17.7 Å². The molecular formula is C24H19ClN2O5. The lowest BCUT2D eigenvalue weighted by Gasteiger charge is -2.24. The van der Waals surface area contributed by atoms with Crippen LogP contribution in [-0.4, -0.2) is 36.0 Å². The van der Waals surface area contributed by atoms with E-state index in [2.05, 4.69) is 4.98 Å². The number of aliphatic hydroxyl groups excluding tert-OH is 1. The number of methoxy groups -OCH3 is 2. The first-order valence-electron chi connectivity index (χ1n) is 9.66. The minimum Gasteiger partial charge on any atom is -0.507 e. The summed E-state index contributed by atoms with van der Waals surface area (Å²) in [6.45, 7) is 0. The van der Waals surface area contributed by atoms with Gasteiger partial charge < -0.3 is 14.6 Å². The first-order chi connectivity index (χ1) is 15.5. The molecule has 3 aromatic rings. The molecule has 4 rings (SSSR count). The van der Waals surface area contributed by atoms with Gasteiger partial charge in [-0.05, 0) is 54.6 Å². The Morgan fingerprint density at radius 2 is 1.78 bits per heavy atom. The fourth-order valence-corrected chi connectivity index (χ4v) is 3.82. The Hall–Kier alpha value is -3.84. The molecule has 0 aliphatic carbocycles. The van der Waals surface area contributed by atoms with Crippen molar-refractivity contribution in [1.82, 2.24) is 4.98 Å². The number of ketones is 1. The van der Waals surface area contributed by atoms with E-state index < -0.39 is 17.7 Å². The minimum absolute atomic E-state index is 0.0751. The quantitative estimate of drug-likeness (QED) is 0.352. The summed E-state index contributed by atoms with van der Waals surface area (Å²) >= 11 is 6.09. The van der Waals surface area contributed by atoms with Crippen molar-refractivity contribution in [2.45, 2.75) is 6.04 Å². The van der Waals surface area contributed by atoms with Gasteiger partial charge in [0, 0.05) is 17.4 Å². The number of rotatable bonds is 5. The molecule has 1 unspecified atom stereocenters. The Labute approximate surface area is 189 Å². The molecule has 2 aromatic carbocycles. The number of anilines is 1. The highest BCUT2D eigenvalue weighted by Crippen LogP contribution is 2.42. The molecule has 1 fully saturated rings. The van der Waals surface area contributed by atoms with Gasteiger partial charge in [0.05, 0.1) is 30.5 Å². The number of carbonyl (C=O) groups is 2. The van der Waals surface area contributed by atoms with Crippen molar-refractivity contribution >= 4 is 34.7 Å². The van der Waals surface area contributed by atoms with Gasteiger partial charge in [-0.15, -0.1) is 0 Å². The van der Waals surface area contributed by atoms with Gasteiger partial charge in [-0.2, -0.15) is 0 Å². The van der Waals surface area contributed by atoms with E-state index in [1.165, 1.54) is 25.2 Å². The zero-order valence-electron chi connectivity index (χ0n) is 17.3. The van der Waals surface area contributed by atoms with Crippen LogP contribution < -0.4 is 14.4 Å². The molecule has 8 heteroatoms. The summed E-state index contributed by atoms with van der Waals surface area (Å²) in [6.07, 6.45) is 1.56. The molecule has 0 bridgehead atoms. The normalized spacial score (nSPS) is 17.5. The monoisotopic (exact) mass is 450 g/mol. The Morgan fingerprint density at radius 3 is 2.41 bits per heavy atom. The van der Waals surface area contributed by atoms with Gasteiger partial charge in [0.1, 0.15) is 23.3 Å². The fourth-order valence-electron chi connectivity index (χ4n) is 3.62. The summed E-state index contributed by atoms with van der Waals surface area (Å²) in [7, 11) is 2.98. The van der Waals surface area contributed by atoms with Crippen molar-refractivity contribution < 1.29 is 24.2 Å². The second-order valence-electron chi connectivity index (χ2n) is 6.97. The lowest BCUT2D eigenvalue weighted by Crippen LogP contribution is -2.29. The minimum atomic E-state index is -0.925. The number of hydrogen-bond donors (Lipinski definition) is 1. The van der Waals surface area contributed by atoms with E-state index in [0.717, 1.165) is 0 Å². The third-order valence-electron chi connectivity index (χ3n) is 5.19. The zero-order chi connectivity index (χ0) is 22.8. The summed E-state index contributed by atoms with van der Waals surface area (Å²) in [6, 6.07) is 15.6. The van der Waals surface area contributed by atoms with E-state index in [4.69, 9.17) is 21.1 Å². The second kappa shape index (κ2) is 8.72. The van der Waals surface area contributed by atoms with Crippen LogP contribution in [0.3, 0.4) is 0 Å². The van der Waals surface area contributed by atoms with Crippen LogP contribution in [0.5, 0.6) is 11.5 Å². The largest absolute Gasteiger partial charge is 0.507 e. The molecule has 1 atom stereocenters. The van der Waals surface area contributed by atoms with Crippen LogP contribution in [0.25, 0.3) is 5.76 Å². The number of hydrogen-bond acceptors (Lipinski definition) is 6. The van der Waals surface area contributed by atoms with Crippen LogP contribution in [0, 0.1) is 0 Å². The third kappa shape index (κ3) is 3.67. The molecule has 2 heterocycles. The Kier molecular flexibility index (Phi) is 5.83. The lowest BCUT2D eigenvalue weighted by atomic mass is 9.98. The van der Waals surface area contributed by atoms with E-state index >= 15 is 0 Å². The van der Waals surface area contributed by atoms with Gasteiger partial charge in [-0.25, -0.2) is 0 Å². The fraction of sp³-hybridized carbons (Fsp3) is 0.125. The SMILES string of the molecule is COc1ccc(N2C(=O)C(=O)/C(=C(\O)c3ccc(Cl)c(OC)c3)C2c2ccccn2)cc1. The standard InChI is InChI=1S/C24H19ClN2O5/c1-31-16-9-7-15(8-10-16)27-21(18-5-3-4-12-26-18)20(23(29)24(27)30)22(28)14-6-11-17(25)19(13-14)32-2/h3-13,21,28H,1-2H3/b22-20-. The van der Waals surface area contributed by atoms with E-state index in [1.54, 1.807) is 60.8 Å². The maximum absolute atomic E-state index is 13.1. The topological polar surface area (TPSA) is 89.0 Å². The number of aliphatic hydroxyl groups is 1. The van der Waals surface area contributed by atoms with Crippen LogP contribution in [-0.2, 0) is 9.59 Å². The van der Waals surface area contributed by atoms with Crippen molar-refractivity contribution in [2.24, 2.45) is 0 Å². The number of benzene rings is 2. The van der Waals surface area contributed by atoms with Crippen LogP contribution in [0.2, 0.25) is 5.02 Å². The van der Waals surface area contributed by atoms with Gasteiger partial charge in [0.25, 0.3) is 11.7 Å². The number of carbonyl (C=O) groups excluding carboxylic acids is 2. The molecule has 162 valence electrons. The van der Waals surface area contributed by atoms with Gasteiger partial charge in [-0.3, -0.25) is 19.5 Å². The maximum Gasteiger partial charge on any atom is 0.300 e. The highest BCUT2D eigenvalue weighted by atomic mass is 35.5. The number of ether oxygens (including phenoxy) is 2. The van der Waals surface area contributed by atoms with E-state index in [-0.39, 0.29) is 11.3 Å². The Balaban J connectivity index is 1.91. The van der Waals surface area contributed by atoms with E-state index in [1.807, 2.05) is 0 Å². The molecule has 0 spiro atoms. The maximum atomic E-state index is 13.1. The van der Waals surface area contributed by atoms with Crippen LogP contribution in [0.15, 0.2) is 72.4 Å². The molecule has 1 aliphatic rings. The van der Waals surface area contributed by atoms with Crippen molar-refractivity contribution in [3.05, 3.63) is 88.7 Å². The van der Waals surface area contributed by atoms with E-state index in [9.17, 15) is 14.7 Å². The third-order valence-corrected chi connectivity index (χ3v) is 5.50. The molecular weight excluding hydrogens is 432 g/mol. The highest BCUT2D eigenvalue weighted by Gasteiger charge is 2.47.